The molecule has 8 atom stereocenters. The monoisotopic (exact) mass is 1310 g/mol. The van der Waals surface area contributed by atoms with Crippen LogP contribution in [-0.4, -0.2) is 133 Å². The number of phenols is 6. The Morgan fingerprint density at radius 2 is 1.13 bits per heavy atom. The van der Waals surface area contributed by atoms with Crippen molar-refractivity contribution < 1.29 is 83.5 Å². The lowest BCUT2D eigenvalue weighted by molar-refractivity contribution is -0.137. The van der Waals surface area contributed by atoms with Gasteiger partial charge in [-0.05, 0) is 124 Å². The molecule has 1 saturated heterocycles. The SMILES string of the molecule is N[C@H]1C(=O)N[C@@H]2Cc3ccc(c(Cl)c3)Oc3cc4cc(c3O)Oc3ccc(cc3Cl)[C@@H](O)[C@@H](C(=O)N[C@H](C(=O)NCCN3CCNCC3)c3cc(O)cc(O)c3)NC(=O)[C@@H](c3ccc(O)cc3)NC(=O)[C@@H]4NC(=O)[C@@H](NC2=O)c2cc(O)cc(c2)Oc2cc1ccc2O. The molecule has 7 aromatic rings. The Balaban J connectivity index is 1.04. The van der Waals surface area contributed by atoms with Gasteiger partial charge in [-0.3, -0.25) is 38.5 Å². The number of hydrogen-bond donors (Lipinski definition) is 16. The summed E-state index contributed by atoms with van der Waals surface area (Å²) < 4.78 is 18.5. The summed E-state index contributed by atoms with van der Waals surface area (Å²) in [6.45, 7) is 3.28. The van der Waals surface area contributed by atoms with Crippen LogP contribution in [0.15, 0.2) is 127 Å². The Morgan fingerprint density at radius 3 is 1.78 bits per heavy atom. The maximum absolute atomic E-state index is 15.7. The number of fused-ring (bicyclic) bond motifs is 15. The molecule has 29 heteroatoms. The molecule has 1 fully saturated rings. The lowest BCUT2D eigenvalue weighted by Gasteiger charge is -2.30. The van der Waals surface area contributed by atoms with Gasteiger partial charge < -0.3 is 98.2 Å². The number of ether oxygens (including phenoxy) is 3. The number of nitrogens with one attached hydrogen (secondary N) is 8. The number of carbonyl (C=O) groups is 7. The molecular weight excluding hydrogens is 1250 g/mol. The maximum Gasteiger partial charge on any atom is 0.248 e. The van der Waals surface area contributed by atoms with Gasteiger partial charge in [-0.2, -0.15) is 0 Å². The number of nitrogens with zero attached hydrogens (tertiary/aromatic N) is 1. The Hall–Kier alpha value is -10.6. The van der Waals surface area contributed by atoms with E-state index in [2.05, 4.69) is 47.4 Å². The van der Waals surface area contributed by atoms with E-state index < -0.39 is 130 Å². The van der Waals surface area contributed by atoms with Crippen LogP contribution in [0.25, 0.3) is 0 Å². The summed E-state index contributed by atoms with van der Waals surface area (Å²) in [6.07, 6.45) is -2.42. The molecule has 0 unspecified atom stereocenters. The molecule has 13 rings (SSSR count). The average molecular weight is 1310 g/mol. The smallest absolute Gasteiger partial charge is 0.248 e. The third-order valence-corrected chi connectivity index (χ3v) is 16.4. The summed E-state index contributed by atoms with van der Waals surface area (Å²) >= 11 is 13.8. The number of rotatable bonds is 8. The van der Waals surface area contributed by atoms with Crippen LogP contribution in [0.3, 0.4) is 0 Å². The molecule has 6 aliphatic rings. The summed E-state index contributed by atoms with van der Waals surface area (Å²) in [6, 6.07) is 12.3. The fraction of sp³-hybridized carbons (Fsp3) is 0.234. The molecular formula is C64H60Cl2N10O17. The molecule has 0 spiro atoms. The zero-order valence-corrected chi connectivity index (χ0v) is 50.2. The fourth-order valence-corrected chi connectivity index (χ4v) is 11.5. The lowest BCUT2D eigenvalue weighted by atomic mass is 9.97. The first kappa shape index (κ1) is 64.0. The van der Waals surface area contributed by atoms with Crippen LogP contribution in [0.5, 0.6) is 69.0 Å². The first-order chi connectivity index (χ1) is 44.5. The highest BCUT2D eigenvalue weighted by atomic mass is 35.5. The number of hydrogen-bond acceptors (Lipinski definition) is 20. The zero-order chi connectivity index (χ0) is 65.9. The van der Waals surface area contributed by atoms with Gasteiger partial charge in [0.2, 0.25) is 47.1 Å². The fourth-order valence-electron chi connectivity index (χ4n) is 11.0. The van der Waals surface area contributed by atoms with Gasteiger partial charge in [-0.25, -0.2) is 0 Å². The van der Waals surface area contributed by atoms with Crippen molar-refractivity contribution in [2.24, 2.45) is 5.73 Å². The van der Waals surface area contributed by atoms with Gasteiger partial charge in [0.1, 0.15) is 88.6 Å². The maximum atomic E-state index is 15.7. The van der Waals surface area contributed by atoms with Crippen molar-refractivity contribution in [1.29, 1.82) is 0 Å². The third-order valence-electron chi connectivity index (χ3n) is 15.8. The number of aromatic hydroxyl groups is 6. The van der Waals surface area contributed by atoms with E-state index >= 15 is 19.2 Å². The number of halogens is 2. The number of carbonyl (C=O) groups excluding carboxylic acids is 7. The normalized spacial score (nSPS) is 21.2. The summed E-state index contributed by atoms with van der Waals surface area (Å²) in [4.78, 5) is 107. The molecule has 482 valence electrons. The largest absolute Gasteiger partial charge is 0.508 e. The molecule has 6 aliphatic heterocycles. The van der Waals surface area contributed by atoms with Crippen LogP contribution in [-0.2, 0) is 40.0 Å². The van der Waals surface area contributed by atoms with Gasteiger partial charge in [-0.15, -0.1) is 0 Å². The number of amides is 7. The first-order valence-corrected chi connectivity index (χ1v) is 29.7. The van der Waals surface area contributed by atoms with E-state index in [0.29, 0.717) is 38.3 Å². The van der Waals surface area contributed by atoms with E-state index in [-0.39, 0.29) is 85.1 Å². The molecule has 93 heavy (non-hydrogen) atoms. The molecule has 0 radical (unpaired) electrons. The van der Waals surface area contributed by atoms with E-state index in [1.165, 1.54) is 72.8 Å². The van der Waals surface area contributed by atoms with Crippen molar-refractivity contribution >= 4 is 64.6 Å². The quantitative estimate of drug-likeness (QED) is 0.102. The van der Waals surface area contributed by atoms with Crippen molar-refractivity contribution in [2.45, 2.75) is 54.8 Å². The molecule has 0 aromatic heterocycles. The van der Waals surface area contributed by atoms with E-state index in [1.54, 1.807) is 0 Å². The third kappa shape index (κ3) is 14.5. The standard InChI is InChI=1S/C64H60Cl2N10O17/c65-41-17-29-1-9-45(41)92-48-25-35-26-49(57(48)83)93-46-10-5-32(23-42(46)66)56(82)55(64(90)73-52(33-19-37(78)27-38(79)20-33)60(86)69-13-16-76-14-11-68-12-15-76)75-61(87)51(30-2-6-36(77)7-3-30)72-63(89)54(35)74-62(88)53-34-21-39(80)28-40(22-34)91-47-24-31(4-8-44(47)81)50(67)59(85)70-43(18-29)58(84)71-53/h1-10,17,19-28,43,50-56,68,77-83H,11-16,18,67H2,(H,69,86)(H,70,85)(H,71,84)(H,72,89)(H,73,90)(H,74,88)(H,75,87)/t43-,50-,51-,52+,53+,54-,55+,56-/m1/s1. The van der Waals surface area contributed by atoms with Gasteiger partial charge in [-0.1, -0.05) is 53.5 Å². The second kappa shape index (κ2) is 27.1. The number of benzene rings is 7. The highest BCUT2D eigenvalue weighted by Crippen LogP contribution is 2.47. The average Bonchev–Trinajstić information content (AvgIpc) is 0.897. The van der Waals surface area contributed by atoms with Gasteiger partial charge in [0.05, 0.1) is 10.0 Å². The summed E-state index contributed by atoms with van der Waals surface area (Å²) in [7, 11) is 0. The van der Waals surface area contributed by atoms with Crippen LogP contribution < -0.4 is 62.5 Å². The van der Waals surface area contributed by atoms with E-state index in [1.807, 2.05) is 0 Å². The Kier molecular flexibility index (Phi) is 18.7. The van der Waals surface area contributed by atoms with Crippen molar-refractivity contribution in [3.8, 4) is 69.0 Å². The minimum Gasteiger partial charge on any atom is -0.508 e. The van der Waals surface area contributed by atoms with Crippen molar-refractivity contribution in [1.82, 2.24) is 47.4 Å². The van der Waals surface area contributed by atoms with Crippen LogP contribution in [0.1, 0.15) is 75.3 Å². The number of nitrogens with two attached hydrogens (primary N) is 1. The summed E-state index contributed by atoms with van der Waals surface area (Å²) in [5.74, 6) is -12.6. The number of phenolic OH excluding ortho intramolecular Hbond substituents is 6. The van der Waals surface area contributed by atoms with Crippen LogP contribution >= 0.6 is 23.2 Å². The highest BCUT2D eigenvalue weighted by Gasteiger charge is 2.40. The van der Waals surface area contributed by atoms with E-state index in [4.69, 9.17) is 43.1 Å². The van der Waals surface area contributed by atoms with Crippen LogP contribution in [0.2, 0.25) is 10.0 Å². The first-order valence-electron chi connectivity index (χ1n) is 29.0. The Bertz CT molecular complexity index is 4100. The summed E-state index contributed by atoms with van der Waals surface area (Å²) in [5, 5.41) is 99.5. The number of aliphatic hydroxyl groups is 1. The van der Waals surface area contributed by atoms with Crippen molar-refractivity contribution in [2.75, 3.05) is 39.3 Å². The topological polar surface area (TPSA) is 414 Å². The van der Waals surface area contributed by atoms with E-state index in [9.17, 15) is 50.1 Å². The molecule has 17 N–H and O–H groups in total. The second-order valence-corrected chi connectivity index (χ2v) is 23.1. The molecule has 13 bridgehead atoms. The number of piperazine rings is 1. The molecule has 7 aromatic carbocycles. The second-order valence-electron chi connectivity index (χ2n) is 22.3. The van der Waals surface area contributed by atoms with Gasteiger partial charge in [0.15, 0.2) is 23.0 Å². The Morgan fingerprint density at radius 1 is 0.559 bits per heavy atom. The minimum atomic E-state index is -2.14. The molecule has 7 amide bonds. The molecule has 27 nitrogen and oxygen atoms in total. The van der Waals surface area contributed by atoms with Crippen molar-refractivity contribution in [3.63, 3.8) is 0 Å². The predicted octanol–water partition coefficient (Wildman–Crippen LogP) is 3.94. The van der Waals surface area contributed by atoms with Crippen molar-refractivity contribution in [3.05, 3.63) is 176 Å². The van der Waals surface area contributed by atoms with Gasteiger partial charge >= 0.3 is 0 Å². The van der Waals surface area contributed by atoms with E-state index in [0.717, 1.165) is 54.6 Å². The highest BCUT2D eigenvalue weighted by molar-refractivity contribution is 6.32. The van der Waals surface area contributed by atoms with Crippen LogP contribution in [0.4, 0.5) is 0 Å². The Labute approximate surface area is 538 Å². The zero-order valence-electron chi connectivity index (χ0n) is 48.7. The summed E-state index contributed by atoms with van der Waals surface area (Å²) in [5.41, 5.74) is 6.03. The molecule has 6 heterocycles. The lowest BCUT2D eigenvalue weighted by Crippen LogP contribution is -2.56. The molecule has 0 saturated carbocycles. The van der Waals surface area contributed by atoms with Crippen LogP contribution in [0, 0.1) is 0 Å². The predicted molar refractivity (Wildman–Crippen MR) is 331 cm³/mol. The number of aliphatic hydroxyl groups excluding tert-OH is 1. The van der Waals surface area contributed by atoms with Gasteiger partial charge in [0, 0.05) is 57.8 Å². The van der Waals surface area contributed by atoms with Gasteiger partial charge in [0.25, 0.3) is 0 Å². The minimum absolute atomic E-state index is 0.0806. The molecule has 0 aliphatic carbocycles.